The van der Waals surface area contributed by atoms with Crippen LogP contribution in [0.3, 0.4) is 0 Å². The van der Waals surface area contributed by atoms with Crippen LogP contribution in [0, 0.1) is 0 Å². The Hall–Kier alpha value is -1.10. The fourth-order valence-corrected chi connectivity index (χ4v) is 5.42. The summed E-state index contributed by atoms with van der Waals surface area (Å²) in [5, 5.41) is 0. The van der Waals surface area contributed by atoms with Crippen molar-refractivity contribution < 1.29 is 16.8 Å². The molecule has 0 aliphatic carbocycles. The molecule has 0 radical (unpaired) electrons. The Labute approximate surface area is 129 Å². The smallest absolute Gasteiger partial charge is 0.244 e. The fraction of sp³-hybridized carbons (Fsp3) is 0.455. The lowest BCUT2D eigenvalue weighted by Crippen LogP contribution is -2.37. The summed E-state index contributed by atoms with van der Waals surface area (Å²) in [6, 6.07) is 2.24. The van der Waals surface area contributed by atoms with E-state index in [1.807, 2.05) is 0 Å². The van der Waals surface area contributed by atoms with E-state index in [0.717, 1.165) is 4.31 Å². The zero-order valence-corrected chi connectivity index (χ0v) is 13.7. The van der Waals surface area contributed by atoms with Crippen LogP contribution in [0.1, 0.15) is 12.1 Å². The molecular formula is C11H15N3O4S3. The number of hydrogen-bond donors (Lipinski definition) is 1. The zero-order valence-electron chi connectivity index (χ0n) is 11.3. The molecule has 1 unspecified atom stereocenters. The molecule has 0 spiro atoms. The number of aromatic nitrogens is 1. The second-order valence-corrected chi connectivity index (χ2v) is 9.49. The molecule has 1 aliphatic heterocycles. The van der Waals surface area contributed by atoms with Crippen molar-refractivity contribution >= 4 is 37.1 Å². The molecule has 1 atom stereocenters. The standard InChI is InChI=1S/C11H15N3O4S3/c1-14(8-4-5-20(15,16)7-8)21(17,18)9-2-3-10(11(12)19)13-6-9/h2-3,6,8H,4-5,7H2,1H3,(H2,12,19). The van der Waals surface area contributed by atoms with Crippen LogP contribution in [-0.2, 0) is 19.9 Å². The van der Waals surface area contributed by atoms with E-state index in [-0.39, 0.29) is 21.4 Å². The maximum Gasteiger partial charge on any atom is 0.244 e. The highest BCUT2D eigenvalue weighted by Crippen LogP contribution is 2.23. The Morgan fingerprint density at radius 1 is 1.48 bits per heavy atom. The van der Waals surface area contributed by atoms with Crippen molar-refractivity contribution in [1.29, 1.82) is 0 Å². The lowest BCUT2D eigenvalue weighted by atomic mass is 10.3. The van der Waals surface area contributed by atoms with Gasteiger partial charge in [-0.25, -0.2) is 16.8 Å². The Balaban J connectivity index is 2.27. The fourth-order valence-electron chi connectivity index (χ4n) is 2.10. The minimum absolute atomic E-state index is 0.0101. The summed E-state index contributed by atoms with van der Waals surface area (Å²) >= 11 is 4.75. The summed E-state index contributed by atoms with van der Waals surface area (Å²) in [5.41, 5.74) is 5.73. The quantitative estimate of drug-likeness (QED) is 0.731. The first-order valence-corrected chi connectivity index (χ1v) is 9.75. The third-order valence-electron chi connectivity index (χ3n) is 3.39. The van der Waals surface area contributed by atoms with Crippen molar-refractivity contribution in [3.63, 3.8) is 0 Å². The molecule has 0 saturated carbocycles. The van der Waals surface area contributed by atoms with Crippen LogP contribution in [0.15, 0.2) is 23.2 Å². The van der Waals surface area contributed by atoms with Crippen LogP contribution in [0.4, 0.5) is 0 Å². The number of nitrogens with two attached hydrogens (primary N) is 1. The number of pyridine rings is 1. The van der Waals surface area contributed by atoms with Gasteiger partial charge in [0.1, 0.15) is 9.88 Å². The molecule has 2 heterocycles. The van der Waals surface area contributed by atoms with Crippen LogP contribution in [-0.4, -0.2) is 55.7 Å². The van der Waals surface area contributed by atoms with E-state index in [9.17, 15) is 16.8 Å². The second-order valence-electron chi connectivity index (χ2n) is 4.82. The van der Waals surface area contributed by atoms with Gasteiger partial charge >= 0.3 is 0 Å². The molecule has 1 saturated heterocycles. The van der Waals surface area contributed by atoms with E-state index in [4.69, 9.17) is 18.0 Å². The molecule has 1 fully saturated rings. The molecule has 7 nitrogen and oxygen atoms in total. The number of nitrogens with zero attached hydrogens (tertiary/aromatic N) is 2. The first-order valence-electron chi connectivity index (χ1n) is 6.08. The van der Waals surface area contributed by atoms with Crippen LogP contribution in [0.25, 0.3) is 0 Å². The molecule has 0 bridgehead atoms. The average Bonchev–Trinajstić information content (AvgIpc) is 2.78. The molecule has 0 amide bonds. The monoisotopic (exact) mass is 349 g/mol. The predicted molar refractivity (Wildman–Crippen MR) is 82.1 cm³/mol. The van der Waals surface area contributed by atoms with Crippen molar-refractivity contribution in [2.45, 2.75) is 17.4 Å². The summed E-state index contributed by atoms with van der Waals surface area (Å²) in [5.74, 6) is -0.142. The summed E-state index contributed by atoms with van der Waals surface area (Å²) in [6.45, 7) is 0. The van der Waals surface area contributed by atoms with Crippen molar-refractivity contribution in [3.05, 3.63) is 24.0 Å². The number of sulfone groups is 1. The molecule has 10 heteroatoms. The first-order chi connectivity index (χ1) is 9.63. The van der Waals surface area contributed by atoms with E-state index in [0.29, 0.717) is 12.1 Å². The minimum Gasteiger partial charge on any atom is -0.388 e. The molecule has 0 aromatic carbocycles. The number of rotatable bonds is 4. The van der Waals surface area contributed by atoms with Gasteiger partial charge in [0.15, 0.2) is 9.84 Å². The van der Waals surface area contributed by atoms with Gasteiger partial charge in [-0.15, -0.1) is 0 Å². The van der Waals surface area contributed by atoms with Crippen LogP contribution < -0.4 is 5.73 Å². The van der Waals surface area contributed by atoms with Gasteiger partial charge in [-0.1, -0.05) is 12.2 Å². The highest BCUT2D eigenvalue weighted by Gasteiger charge is 2.36. The number of sulfonamides is 1. The highest BCUT2D eigenvalue weighted by molar-refractivity contribution is 7.92. The predicted octanol–water partition coefficient (Wildman–Crippen LogP) is -0.477. The van der Waals surface area contributed by atoms with Gasteiger partial charge in [-0.05, 0) is 18.6 Å². The topological polar surface area (TPSA) is 110 Å². The minimum atomic E-state index is -3.79. The Bertz CT molecular complexity index is 756. The molecule has 1 aromatic heterocycles. The third-order valence-corrected chi connectivity index (χ3v) is 7.24. The molecule has 21 heavy (non-hydrogen) atoms. The third kappa shape index (κ3) is 3.39. The molecular weight excluding hydrogens is 334 g/mol. The Kier molecular flexibility index (Phi) is 4.34. The Morgan fingerprint density at radius 2 is 2.14 bits per heavy atom. The van der Waals surface area contributed by atoms with E-state index in [1.54, 1.807) is 0 Å². The lowest BCUT2D eigenvalue weighted by Gasteiger charge is -2.22. The summed E-state index contributed by atoms with van der Waals surface area (Å²) in [4.78, 5) is 3.95. The van der Waals surface area contributed by atoms with E-state index >= 15 is 0 Å². The average molecular weight is 349 g/mol. The van der Waals surface area contributed by atoms with Gasteiger partial charge in [0, 0.05) is 19.3 Å². The van der Waals surface area contributed by atoms with E-state index in [1.165, 1.54) is 25.4 Å². The first kappa shape index (κ1) is 16.3. The van der Waals surface area contributed by atoms with E-state index < -0.39 is 25.9 Å². The molecule has 2 rings (SSSR count). The van der Waals surface area contributed by atoms with Gasteiger partial charge in [-0.3, -0.25) is 4.98 Å². The summed E-state index contributed by atoms with van der Waals surface area (Å²) < 4.78 is 48.9. The normalized spacial score (nSPS) is 21.5. The van der Waals surface area contributed by atoms with Crippen LogP contribution >= 0.6 is 12.2 Å². The summed E-state index contributed by atoms with van der Waals surface area (Å²) in [7, 11) is -5.57. The molecule has 2 N–H and O–H groups in total. The maximum atomic E-state index is 12.4. The van der Waals surface area contributed by atoms with Crippen LogP contribution in [0.5, 0.6) is 0 Å². The van der Waals surface area contributed by atoms with Gasteiger partial charge in [0.2, 0.25) is 10.0 Å². The van der Waals surface area contributed by atoms with Crippen molar-refractivity contribution in [3.8, 4) is 0 Å². The van der Waals surface area contributed by atoms with Gasteiger partial charge in [0.05, 0.1) is 17.2 Å². The zero-order chi connectivity index (χ0) is 15.8. The van der Waals surface area contributed by atoms with Crippen LogP contribution in [0.2, 0.25) is 0 Å². The van der Waals surface area contributed by atoms with Crippen molar-refractivity contribution in [2.24, 2.45) is 5.73 Å². The summed E-state index contributed by atoms with van der Waals surface area (Å²) in [6.07, 6.45) is 1.47. The molecule has 1 aliphatic rings. The Morgan fingerprint density at radius 3 is 2.57 bits per heavy atom. The van der Waals surface area contributed by atoms with Crippen molar-refractivity contribution in [1.82, 2.24) is 9.29 Å². The van der Waals surface area contributed by atoms with Gasteiger partial charge in [-0.2, -0.15) is 4.31 Å². The van der Waals surface area contributed by atoms with Gasteiger partial charge in [0.25, 0.3) is 0 Å². The molecule has 1 aromatic rings. The lowest BCUT2D eigenvalue weighted by molar-refractivity contribution is 0.394. The number of thiocarbonyl (C=S) groups is 1. The number of hydrogen-bond acceptors (Lipinski definition) is 6. The maximum absolute atomic E-state index is 12.4. The second kappa shape index (κ2) is 5.59. The molecule has 116 valence electrons. The SMILES string of the molecule is CN(C1CCS(=O)(=O)C1)S(=O)(=O)c1ccc(C(N)=S)nc1. The largest absolute Gasteiger partial charge is 0.388 e. The van der Waals surface area contributed by atoms with E-state index in [2.05, 4.69) is 4.98 Å². The van der Waals surface area contributed by atoms with Gasteiger partial charge < -0.3 is 5.73 Å². The van der Waals surface area contributed by atoms with Crippen molar-refractivity contribution in [2.75, 3.05) is 18.6 Å². The highest BCUT2D eigenvalue weighted by atomic mass is 32.2.